The maximum Gasteiger partial charge on any atom is 0.326 e. The van der Waals surface area contributed by atoms with Gasteiger partial charge in [-0.15, -0.1) is 0 Å². The summed E-state index contributed by atoms with van der Waals surface area (Å²) in [7, 11) is 0. The lowest BCUT2D eigenvalue weighted by atomic mass is 9.96. The first kappa shape index (κ1) is 33.3. The summed E-state index contributed by atoms with van der Waals surface area (Å²) in [6.07, 6.45) is 1.96. The number of hydrogen-bond acceptors (Lipinski definition) is 8. The minimum atomic E-state index is -1.51. The first-order chi connectivity index (χ1) is 21.6. The van der Waals surface area contributed by atoms with Crippen molar-refractivity contribution in [2.75, 3.05) is 39.5 Å². The van der Waals surface area contributed by atoms with Crippen LogP contribution in [0.15, 0.2) is 48.5 Å². The van der Waals surface area contributed by atoms with Crippen LogP contribution in [0.3, 0.4) is 0 Å². The van der Waals surface area contributed by atoms with Gasteiger partial charge in [0.15, 0.2) is 0 Å². The summed E-state index contributed by atoms with van der Waals surface area (Å²) in [5, 5.41) is 32.4. The quantitative estimate of drug-likeness (QED) is 0.157. The fourth-order valence-electron chi connectivity index (χ4n) is 5.75. The second-order valence-corrected chi connectivity index (χ2v) is 12.5. The molecule has 0 spiro atoms. The van der Waals surface area contributed by atoms with Crippen molar-refractivity contribution >= 4 is 29.2 Å². The highest BCUT2D eigenvalue weighted by molar-refractivity contribution is 6.35. The number of carboxylic acids is 1. The van der Waals surface area contributed by atoms with E-state index in [-0.39, 0.29) is 18.8 Å². The third-order valence-corrected chi connectivity index (χ3v) is 9.11. The smallest absolute Gasteiger partial charge is 0.326 e. The standard InChI is InChI=1S/C34H40Cl2N2O7/c1-3-43-30-16-31(27(35)15-21(30)17-37-34(2,20-39)33(41)42)45-28-12-11-24-23(7-4-8-25(24)28)26-9-5-10-29(32(26)36)44-14-6-13-38-18-22(40)19-38/h4-5,7-10,15-16,22,28,37,39-40H,3,6,11-14,17-20H2,1-2H3,(H,41,42)/t28-,34-/m0/s1. The Kier molecular flexibility index (Phi) is 10.8. The number of rotatable bonds is 15. The van der Waals surface area contributed by atoms with E-state index in [1.54, 1.807) is 12.1 Å². The summed E-state index contributed by atoms with van der Waals surface area (Å²) < 4.78 is 18.4. The van der Waals surface area contributed by atoms with E-state index in [1.807, 2.05) is 31.2 Å². The Labute approximate surface area is 273 Å². The SMILES string of the molecule is CCOc1cc(O[C@H]2CCc3c(-c4cccc(OCCCN5CC(O)C5)c4Cl)cccc32)c(Cl)cc1CN[C@@](C)(CO)C(=O)O. The van der Waals surface area contributed by atoms with Gasteiger partial charge in [0.25, 0.3) is 0 Å². The van der Waals surface area contributed by atoms with Crippen molar-refractivity contribution in [3.05, 3.63) is 75.3 Å². The van der Waals surface area contributed by atoms with Gasteiger partial charge >= 0.3 is 5.97 Å². The molecule has 3 aromatic rings. The molecule has 2 atom stereocenters. The molecule has 5 rings (SSSR count). The van der Waals surface area contributed by atoms with E-state index in [1.165, 1.54) is 6.92 Å². The predicted octanol–water partition coefficient (Wildman–Crippen LogP) is 5.50. The Morgan fingerprint density at radius 1 is 1.07 bits per heavy atom. The van der Waals surface area contributed by atoms with Gasteiger partial charge in [0, 0.05) is 43.4 Å². The van der Waals surface area contributed by atoms with Gasteiger partial charge in [-0.05, 0) is 61.9 Å². The molecular weight excluding hydrogens is 619 g/mol. The molecule has 1 aliphatic carbocycles. The van der Waals surface area contributed by atoms with Crippen molar-refractivity contribution in [3.63, 3.8) is 0 Å². The highest BCUT2D eigenvalue weighted by atomic mass is 35.5. The zero-order chi connectivity index (χ0) is 32.1. The van der Waals surface area contributed by atoms with Crippen LogP contribution in [0.5, 0.6) is 17.2 Å². The van der Waals surface area contributed by atoms with Crippen molar-refractivity contribution in [1.29, 1.82) is 0 Å². The number of hydrogen-bond donors (Lipinski definition) is 4. The summed E-state index contributed by atoms with van der Waals surface area (Å²) in [6.45, 7) is 6.10. The van der Waals surface area contributed by atoms with Crippen molar-refractivity contribution in [2.45, 2.75) is 57.4 Å². The number of β-amino-alcohol motifs (C(OH)–C–C–N with tert-alkyl or cyclic N) is 1. The highest BCUT2D eigenvalue weighted by Crippen LogP contribution is 2.45. The largest absolute Gasteiger partial charge is 0.493 e. The minimum Gasteiger partial charge on any atom is -0.493 e. The molecule has 0 unspecified atom stereocenters. The van der Waals surface area contributed by atoms with Crippen molar-refractivity contribution in [3.8, 4) is 28.4 Å². The topological polar surface area (TPSA) is 121 Å². The summed E-state index contributed by atoms with van der Waals surface area (Å²) in [5.74, 6) is 0.479. The van der Waals surface area contributed by atoms with E-state index in [9.17, 15) is 20.1 Å². The molecule has 0 bridgehead atoms. The Hall–Kier alpha value is -3.05. The number of likely N-dealkylation sites (tertiary alicyclic amines) is 1. The van der Waals surface area contributed by atoms with Crippen LogP contribution >= 0.6 is 23.2 Å². The van der Waals surface area contributed by atoms with Gasteiger partial charge < -0.3 is 29.5 Å². The molecule has 0 saturated carbocycles. The van der Waals surface area contributed by atoms with Gasteiger partial charge in [0.1, 0.15) is 28.9 Å². The Morgan fingerprint density at radius 2 is 1.82 bits per heavy atom. The molecule has 9 nitrogen and oxygen atoms in total. The van der Waals surface area contributed by atoms with Crippen LogP contribution in [-0.4, -0.2) is 77.3 Å². The first-order valence-electron chi connectivity index (χ1n) is 15.3. The van der Waals surface area contributed by atoms with Crippen LogP contribution in [-0.2, 0) is 17.8 Å². The van der Waals surface area contributed by atoms with Crippen LogP contribution in [0.4, 0.5) is 0 Å². The molecule has 242 valence electrons. The maximum atomic E-state index is 11.6. The molecule has 0 amide bonds. The van der Waals surface area contributed by atoms with Crippen LogP contribution in [0.25, 0.3) is 11.1 Å². The molecule has 11 heteroatoms. The third kappa shape index (κ3) is 7.51. The first-order valence-corrected chi connectivity index (χ1v) is 16.0. The van der Waals surface area contributed by atoms with E-state index < -0.39 is 18.1 Å². The summed E-state index contributed by atoms with van der Waals surface area (Å²) in [5.41, 5.74) is 3.31. The van der Waals surface area contributed by atoms with E-state index in [4.69, 9.17) is 37.4 Å². The maximum absolute atomic E-state index is 11.6. The number of halogens is 2. The number of aliphatic hydroxyl groups excluding tert-OH is 2. The average molecular weight is 660 g/mol. The number of aliphatic hydroxyl groups is 2. The zero-order valence-electron chi connectivity index (χ0n) is 25.5. The molecule has 1 fully saturated rings. The second-order valence-electron chi connectivity index (χ2n) is 11.7. The van der Waals surface area contributed by atoms with Crippen molar-refractivity contribution in [2.24, 2.45) is 0 Å². The Bertz CT molecular complexity index is 1510. The van der Waals surface area contributed by atoms with Gasteiger partial charge in [-0.25, -0.2) is 0 Å². The molecule has 0 radical (unpaired) electrons. The van der Waals surface area contributed by atoms with Crippen LogP contribution in [0.2, 0.25) is 10.0 Å². The normalized spacial score (nSPS) is 17.8. The van der Waals surface area contributed by atoms with Gasteiger partial charge in [-0.2, -0.15) is 0 Å². The van der Waals surface area contributed by atoms with Gasteiger partial charge in [-0.1, -0.05) is 53.5 Å². The number of nitrogens with zero attached hydrogens (tertiary/aromatic N) is 1. The third-order valence-electron chi connectivity index (χ3n) is 8.42. The predicted molar refractivity (Wildman–Crippen MR) is 174 cm³/mol. The van der Waals surface area contributed by atoms with Gasteiger partial charge in [0.05, 0.1) is 36.0 Å². The lowest BCUT2D eigenvalue weighted by Crippen LogP contribution is -2.52. The van der Waals surface area contributed by atoms with Crippen molar-refractivity contribution in [1.82, 2.24) is 10.2 Å². The number of benzene rings is 3. The summed E-state index contributed by atoms with van der Waals surface area (Å²) in [6, 6.07) is 15.4. The fraction of sp³-hybridized carbons (Fsp3) is 0.441. The van der Waals surface area contributed by atoms with Crippen LogP contribution in [0.1, 0.15) is 49.5 Å². The van der Waals surface area contributed by atoms with Crippen LogP contribution < -0.4 is 19.5 Å². The Morgan fingerprint density at radius 3 is 2.53 bits per heavy atom. The molecule has 1 heterocycles. The highest BCUT2D eigenvalue weighted by Gasteiger charge is 2.33. The molecular formula is C34H40Cl2N2O7. The molecule has 4 N–H and O–H groups in total. The van der Waals surface area contributed by atoms with Crippen LogP contribution in [0, 0.1) is 0 Å². The van der Waals surface area contributed by atoms with E-state index >= 15 is 0 Å². The Balaban J connectivity index is 1.31. The lowest BCUT2D eigenvalue weighted by Gasteiger charge is -2.35. The van der Waals surface area contributed by atoms with E-state index in [2.05, 4.69) is 22.3 Å². The second kappa shape index (κ2) is 14.6. The number of fused-ring (bicyclic) bond motifs is 1. The van der Waals surface area contributed by atoms with E-state index in [0.717, 1.165) is 61.2 Å². The number of carboxylic acid groups (broad SMARTS) is 1. The monoisotopic (exact) mass is 658 g/mol. The number of nitrogens with one attached hydrogen (secondary N) is 1. The lowest BCUT2D eigenvalue weighted by molar-refractivity contribution is -0.145. The summed E-state index contributed by atoms with van der Waals surface area (Å²) in [4.78, 5) is 13.8. The van der Waals surface area contributed by atoms with Gasteiger partial charge in [0.2, 0.25) is 0 Å². The zero-order valence-corrected chi connectivity index (χ0v) is 27.0. The number of aliphatic carboxylic acids is 1. The number of ether oxygens (including phenoxy) is 3. The molecule has 45 heavy (non-hydrogen) atoms. The molecule has 3 aromatic carbocycles. The molecule has 1 aliphatic heterocycles. The van der Waals surface area contributed by atoms with E-state index in [0.29, 0.717) is 46.1 Å². The molecule has 2 aliphatic rings. The molecule has 0 aromatic heterocycles. The van der Waals surface area contributed by atoms with Gasteiger partial charge in [-0.3, -0.25) is 15.0 Å². The van der Waals surface area contributed by atoms with Crippen molar-refractivity contribution < 1.29 is 34.3 Å². The summed E-state index contributed by atoms with van der Waals surface area (Å²) >= 11 is 13.6. The minimum absolute atomic E-state index is 0.125. The molecule has 1 saturated heterocycles. The average Bonchev–Trinajstić information content (AvgIpc) is 3.42. The fourth-order valence-corrected chi connectivity index (χ4v) is 6.27. The number of carbonyl (C=O) groups is 1.